The van der Waals surface area contributed by atoms with Gasteiger partial charge in [0.2, 0.25) is 0 Å². The molecule has 0 bridgehead atoms. The molecule has 148 valence electrons. The maximum atomic E-state index is 6.06. The van der Waals surface area contributed by atoms with Crippen LogP contribution in [0.4, 0.5) is 5.69 Å². The third-order valence-corrected chi connectivity index (χ3v) is 6.37. The van der Waals surface area contributed by atoms with E-state index in [0.717, 1.165) is 17.1 Å². The Morgan fingerprint density at radius 3 is 2.11 bits per heavy atom. The minimum Gasteiger partial charge on any atom is -0.378 e. The molecule has 0 aliphatic heterocycles. The van der Waals surface area contributed by atoms with Gasteiger partial charge in [0.15, 0.2) is 0 Å². The van der Waals surface area contributed by atoms with Gasteiger partial charge in [-0.15, -0.1) is 0 Å². The van der Waals surface area contributed by atoms with Gasteiger partial charge in [0, 0.05) is 16.8 Å². The van der Waals surface area contributed by atoms with Gasteiger partial charge in [-0.25, -0.2) is 0 Å². The number of hydrogen-bond acceptors (Lipinski definition) is 3. The smallest absolute Gasteiger partial charge is 0.0517 e. The molecule has 2 rings (SSSR count). The van der Waals surface area contributed by atoms with Crippen molar-refractivity contribution in [2.24, 2.45) is 11.8 Å². The monoisotopic (exact) mass is 404 g/mol. The summed E-state index contributed by atoms with van der Waals surface area (Å²) in [6.45, 7) is 6.90. The van der Waals surface area contributed by atoms with Crippen LogP contribution in [-0.2, 0) is 0 Å². The van der Waals surface area contributed by atoms with Gasteiger partial charge in [-0.3, -0.25) is 4.31 Å². The molecular formula is C23H33ClN2S. The van der Waals surface area contributed by atoms with Crippen LogP contribution in [0.1, 0.15) is 51.6 Å². The summed E-state index contributed by atoms with van der Waals surface area (Å²) in [6.07, 6.45) is 3.44. The Balaban J connectivity index is 2.31. The van der Waals surface area contributed by atoms with Crippen molar-refractivity contribution < 1.29 is 0 Å². The summed E-state index contributed by atoms with van der Waals surface area (Å²) in [6, 6.07) is 19.4. The molecule has 2 aromatic carbocycles. The molecule has 0 aliphatic rings. The van der Waals surface area contributed by atoms with E-state index in [1.807, 2.05) is 12.1 Å². The number of rotatable bonds is 10. The zero-order valence-electron chi connectivity index (χ0n) is 16.9. The number of nitrogens with one attached hydrogen (secondary N) is 1. The van der Waals surface area contributed by atoms with Crippen molar-refractivity contribution in [2.45, 2.75) is 52.1 Å². The lowest BCUT2D eigenvalue weighted by Crippen LogP contribution is -2.36. The van der Waals surface area contributed by atoms with Crippen LogP contribution in [0.3, 0.4) is 0 Å². The average Bonchev–Trinajstić information content (AvgIpc) is 2.68. The van der Waals surface area contributed by atoms with Gasteiger partial charge < -0.3 is 5.32 Å². The van der Waals surface area contributed by atoms with Gasteiger partial charge >= 0.3 is 0 Å². The Labute approximate surface area is 175 Å². The van der Waals surface area contributed by atoms with Crippen LogP contribution >= 0.6 is 24.4 Å². The fourth-order valence-electron chi connectivity index (χ4n) is 3.94. The van der Waals surface area contributed by atoms with Crippen LogP contribution in [0.5, 0.6) is 0 Å². The summed E-state index contributed by atoms with van der Waals surface area (Å²) >= 11 is 10.7. The topological polar surface area (TPSA) is 15.3 Å². The molecule has 27 heavy (non-hydrogen) atoms. The maximum absolute atomic E-state index is 6.06. The maximum Gasteiger partial charge on any atom is 0.0517 e. The quantitative estimate of drug-likeness (QED) is 0.410. The standard InChI is InChI=1S/C23H33ClN2S/c1-5-18(6-2)22(17(3)26(4)27)16-23(19-10-8-7-9-11-19)25-21-14-12-20(24)13-15-21/h7-15,17-18,22-23,25,27H,5-6,16H2,1-4H3. The lowest BCUT2D eigenvalue weighted by molar-refractivity contribution is 0.188. The molecular weight excluding hydrogens is 372 g/mol. The second kappa shape index (κ2) is 11.0. The van der Waals surface area contributed by atoms with E-state index < -0.39 is 0 Å². The highest BCUT2D eigenvalue weighted by Gasteiger charge is 2.29. The molecule has 0 aliphatic carbocycles. The van der Waals surface area contributed by atoms with Gasteiger partial charge in [-0.2, -0.15) is 0 Å². The van der Waals surface area contributed by atoms with Crippen molar-refractivity contribution in [3.63, 3.8) is 0 Å². The molecule has 2 nitrogen and oxygen atoms in total. The van der Waals surface area contributed by atoms with Crippen LogP contribution < -0.4 is 5.32 Å². The third-order valence-electron chi connectivity index (χ3n) is 5.76. The third kappa shape index (κ3) is 6.44. The molecule has 0 fully saturated rings. The number of thiol groups is 1. The molecule has 3 atom stereocenters. The Morgan fingerprint density at radius 1 is 1.00 bits per heavy atom. The van der Waals surface area contributed by atoms with E-state index in [0.29, 0.717) is 17.9 Å². The fourth-order valence-corrected chi connectivity index (χ4v) is 4.23. The Kier molecular flexibility index (Phi) is 9.01. The van der Waals surface area contributed by atoms with Crippen LogP contribution in [0.2, 0.25) is 5.02 Å². The predicted molar refractivity (Wildman–Crippen MR) is 123 cm³/mol. The first-order valence-electron chi connectivity index (χ1n) is 9.95. The normalized spacial score (nSPS) is 15.0. The molecule has 2 aromatic rings. The molecule has 3 unspecified atom stereocenters. The molecule has 1 N–H and O–H groups in total. The van der Waals surface area contributed by atoms with Gasteiger partial charge in [0.05, 0.1) is 6.04 Å². The highest BCUT2D eigenvalue weighted by molar-refractivity contribution is 7.77. The number of benzene rings is 2. The van der Waals surface area contributed by atoms with Crippen molar-refractivity contribution in [3.8, 4) is 0 Å². The molecule has 0 heterocycles. The van der Waals surface area contributed by atoms with Crippen molar-refractivity contribution in [3.05, 3.63) is 65.2 Å². The average molecular weight is 405 g/mol. The molecule has 0 spiro atoms. The first-order chi connectivity index (χ1) is 13.0. The summed E-state index contributed by atoms with van der Waals surface area (Å²) in [5, 5.41) is 4.51. The van der Waals surface area contributed by atoms with Gasteiger partial charge in [-0.1, -0.05) is 81.4 Å². The van der Waals surface area contributed by atoms with Crippen molar-refractivity contribution in [1.82, 2.24) is 4.31 Å². The second-order valence-electron chi connectivity index (χ2n) is 7.40. The number of hydrogen-bond donors (Lipinski definition) is 2. The number of anilines is 1. The molecule has 4 heteroatoms. The lowest BCUT2D eigenvalue weighted by atomic mass is 9.78. The Bertz CT molecular complexity index is 654. The van der Waals surface area contributed by atoms with Crippen LogP contribution in [0.15, 0.2) is 54.6 Å². The highest BCUT2D eigenvalue weighted by atomic mass is 35.5. The van der Waals surface area contributed by atoms with Crippen LogP contribution in [0, 0.1) is 11.8 Å². The molecule has 0 amide bonds. The molecule has 0 aromatic heterocycles. The minimum atomic E-state index is 0.244. The Hall–Kier alpha value is -1.16. The second-order valence-corrected chi connectivity index (χ2v) is 8.47. The number of halogens is 1. The van der Waals surface area contributed by atoms with Crippen molar-refractivity contribution in [1.29, 1.82) is 0 Å². The SMILES string of the molecule is CCC(CC)C(CC(Nc1ccc(Cl)cc1)c1ccccc1)C(C)N(C)S. The number of nitrogens with zero attached hydrogens (tertiary/aromatic N) is 1. The summed E-state index contributed by atoms with van der Waals surface area (Å²) in [7, 11) is 2.06. The van der Waals surface area contributed by atoms with Crippen molar-refractivity contribution in [2.75, 3.05) is 12.4 Å². The van der Waals surface area contributed by atoms with Gasteiger partial charge in [-0.05, 0) is 62.1 Å². The molecule has 0 saturated carbocycles. The zero-order chi connectivity index (χ0) is 19.8. The summed E-state index contributed by atoms with van der Waals surface area (Å²) < 4.78 is 2.06. The van der Waals surface area contributed by atoms with E-state index in [9.17, 15) is 0 Å². The highest BCUT2D eigenvalue weighted by Crippen LogP contribution is 2.35. The van der Waals surface area contributed by atoms with E-state index >= 15 is 0 Å². The first-order valence-corrected chi connectivity index (χ1v) is 10.7. The summed E-state index contributed by atoms with van der Waals surface area (Å²) in [4.78, 5) is 0. The fraction of sp³-hybridized carbons (Fsp3) is 0.478. The minimum absolute atomic E-state index is 0.244. The van der Waals surface area contributed by atoms with Crippen LogP contribution in [-0.4, -0.2) is 17.4 Å². The van der Waals surface area contributed by atoms with Gasteiger partial charge in [0.25, 0.3) is 0 Å². The van der Waals surface area contributed by atoms with E-state index in [2.05, 4.69) is 92.7 Å². The predicted octanol–water partition coefficient (Wildman–Crippen LogP) is 7.10. The van der Waals surface area contributed by atoms with Gasteiger partial charge in [0.1, 0.15) is 0 Å². The van der Waals surface area contributed by atoms with E-state index in [1.54, 1.807) is 0 Å². The van der Waals surface area contributed by atoms with Crippen molar-refractivity contribution >= 4 is 30.1 Å². The molecule has 0 radical (unpaired) electrons. The zero-order valence-corrected chi connectivity index (χ0v) is 18.5. The molecule has 0 saturated heterocycles. The van der Waals surface area contributed by atoms with E-state index in [1.165, 1.54) is 18.4 Å². The Morgan fingerprint density at radius 2 is 1.59 bits per heavy atom. The van der Waals surface area contributed by atoms with E-state index in [4.69, 9.17) is 11.6 Å². The van der Waals surface area contributed by atoms with E-state index in [-0.39, 0.29) is 6.04 Å². The summed E-state index contributed by atoms with van der Waals surface area (Å²) in [5.41, 5.74) is 2.42. The largest absolute Gasteiger partial charge is 0.378 e. The summed E-state index contributed by atoms with van der Waals surface area (Å²) in [5.74, 6) is 1.22. The first kappa shape index (κ1) is 22.1. The lowest BCUT2D eigenvalue weighted by Gasteiger charge is -2.37. The van der Waals surface area contributed by atoms with Crippen LogP contribution in [0.25, 0.3) is 0 Å².